The maximum Gasteiger partial charge on any atom is 0.326 e. The molecule has 6 heteroatoms. The molecular formula is C11H14N2O4. The number of hydrogen-bond donors (Lipinski definition) is 2. The van der Waals surface area contributed by atoms with Crippen LogP contribution in [0.15, 0.2) is 18.3 Å². The highest BCUT2D eigenvalue weighted by Crippen LogP contribution is 2.08. The van der Waals surface area contributed by atoms with E-state index in [1.165, 1.54) is 20.2 Å². The third-order valence-corrected chi connectivity index (χ3v) is 2.12. The first-order valence-corrected chi connectivity index (χ1v) is 5.01. The van der Waals surface area contributed by atoms with Gasteiger partial charge in [-0.3, -0.25) is 4.79 Å². The van der Waals surface area contributed by atoms with Gasteiger partial charge in [0.2, 0.25) is 11.8 Å². The molecule has 1 atom stereocenters. The molecule has 17 heavy (non-hydrogen) atoms. The van der Waals surface area contributed by atoms with Gasteiger partial charge in [-0.2, -0.15) is 0 Å². The monoisotopic (exact) mass is 238 g/mol. The van der Waals surface area contributed by atoms with E-state index >= 15 is 0 Å². The van der Waals surface area contributed by atoms with Crippen LogP contribution in [0.1, 0.15) is 12.5 Å². The summed E-state index contributed by atoms with van der Waals surface area (Å²) in [6, 6.07) is 2.41. The van der Waals surface area contributed by atoms with Crippen LogP contribution in [-0.2, 0) is 16.0 Å². The Hall–Kier alpha value is -2.11. The number of carbonyl (C=O) groups is 2. The van der Waals surface area contributed by atoms with Crippen molar-refractivity contribution in [2.45, 2.75) is 19.4 Å². The van der Waals surface area contributed by atoms with Crippen molar-refractivity contribution in [1.29, 1.82) is 0 Å². The maximum atomic E-state index is 10.9. The number of ether oxygens (including phenoxy) is 1. The Morgan fingerprint density at radius 3 is 2.65 bits per heavy atom. The molecule has 1 aromatic rings. The van der Waals surface area contributed by atoms with Crippen molar-refractivity contribution < 1.29 is 19.4 Å². The molecule has 1 amide bonds. The highest BCUT2D eigenvalue weighted by molar-refractivity contribution is 5.82. The number of carboxylic acids is 1. The lowest BCUT2D eigenvalue weighted by atomic mass is 10.1. The van der Waals surface area contributed by atoms with E-state index in [9.17, 15) is 9.59 Å². The second kappa shape index (κ2) is 5.83. The number of aliphatic carboxylic acids is 1. The molecular weight excluding hydrogens is 224 g/mol. The summed E-state index contributed by atoms with van der Waals surface area (Å²) >= 11 is 0. The Morgan fingerprint density at radius 2 is 2.24 bits per heavy atom. The fourth-order valence-corrected chi connectivity index (χ4v) is 1.33. The number of nitrogens with zero attached hydrogens (tertiary/aromatic N) is 1. The second-order valence-corrected chi connectivity index (χ2v) is 3.50. The van der Waals surface area contributed by atoms with E-state index in [1.807, 2.05) is 0 Å². The molecule has 1 heterocycles. The standard InChI is InChI=1S/C11H14N2O4/c1-7(14)13-9(11(15)16)5-8-3-4-10(17-2)12-6-8/h3-4,6,9H,5H2,1-2H3,(H,13,14)(H,15,16)/t9-/m0/s1. The van der Waals surface area contributed by atoms with E-state index < -0.39 is 12.0 Å². The number of carbonyl (C=O) groups excluding carboxylic acids is 1. The van der Waals surface area contributed by atoms with Gasteiger partial charge in [0.15, 0.2) is 0 Å². The SMILES string of the molecule is COc1ccc(C[C@H](NC(C)=O)C(=O)O)cn1. The molecule has 2 N–H and O–H groups in total. The van der Waals surface area contributed by atoms with Crippen molar-refractivity contribution >= 4 is 11.9 Å². The molecule has 0 saturated carbocycles. The maximum absolute atomic E-state index is 10.9. The predicted molar refractivity (Wildman–Crippen MR) is 59.7 cm³/mol. The molecule has 0 aliphatic carbocycles. The van der Waals surface area contributed by atoms with E-state index in [1.54, 1.807) is 12.1 Å². The van der Waals surface area contributed by atoms with Crippen molar-refractivity contribution in [3.63, 3.8) is 0 Å². The van der Waals surface area contributed by atoms with Gasteiger partial charge in [-0.15, -0.1) is 0 Å². The third kappa shape index (κ3) is 4.10. The van der Waals surface area contributed by atoms with Crippen molar-refractivity contribution in [2.75, 3.05) is 7.11 Å². The zero-order chi connectivity index (χ0) is 12.8. The van der Waals surface area contributed by atoms with Crippen molar-refractivity contribution in [1.82, 2.24) is 10.3 Å². The molecule has 0 bridgehead atoms. The number of carboxylic acid groups (broad SMARTS) is 1. The highest BCUT2D eigenvalue weighted by Gasteiger charge is 2.18. The minimum atomic E-state index is -1.07. The number of aromatic nitrogens is 1. The van der Waals surface area contributed by atoms with Gasteiger partial charge in [-0.05, 0) is 5.56 Å². The van der Waals surface area contributed by atoms with E-state index in [2.05, 4.69) is 10.3 Å². The zero-order valence-electron chi connectivity index (χ0n) is 9.64. The minimum absolute atomic E-state index is 0.186. The van der Waals surface area contributed by atoms with Gasteiger partial charge in [-0.25, -0.2) is 9.78 Å². The fraction of sp³-hybridized carbons (Fsp3) is 0.364. The van der Waals surface area contributed by atoms with Crippen LogP contribution in [0.25, 0.3) is 0 Å². The molecule has 0 aliphatic heterocycles. The molecule has 1 aromatic heterocycles. The van der Waals surface area contributed by atoms with Gasteiger partial charge in [0, 0.05) is 25.6 Å². The van der Waals surface area contributed by atoms with Crippen LogP contribution >= 0.6 is 0 Å². The Balaban J connectivity index is 2.71. The zero-order valence-corrected chi connectivity index (χ0v) is 9.64. The smallest absolute Gasteiger partial charge is 0.326 e. The summed E-state index contributed by atoms with van der Waals surface area (Å²) in [5, 5.41) is 11.3. The summed E-state index contributed by atoms with van der Waals surface area (Å²) in [6.45, 7) is 1.28. The predicted octanol–water partition coefficient (Wildman–Crippen LogP) is 0.222. The van der Waals surface area contributed by atoms with Gasteiger partial charge < -0.3 is 15.2 Å². The normalized spacial score (nSPS) is 11.6. The Labute approximate surface area is 98.6 Å². The quantitative estimate of drug-likeness (QED) is 0.766. The summed E-state index contributed by atoms with van der Waals surface area (Å²) in [6.07, 6.45) is 1.71. The number of pyridine rings is 1. The summed E-state index contributed by atoms with van der Waals surface area (Å²) in [4.78, 5) is 25.7. The first-order chi connectivity index (χ1) is 8.02. The van der Waals surface area contributed by atoms with Crippen LogP contribution in [0.4, 0.5) is 0 Å². The molecule has 0 fully saturated rings. The first-order valence-electron chi connectivity index (χ1n) is 5.01. The van der Waals surface area contributed by atoms with E-state index in [4.69, 9.17) is 9.84 Å². The van der Waals surface area contributed by atoms with Gasteiger partial charge >= 0.3 is 5.97 Å². The summed E-state index contributed by atoms with van der Waals surface area (Å²) < 4.78 is 4.89. The molecule has 0 radical (unpaired) electrons. The lowest BCUT2D eigenvalue weighted by molar-refractivity contribution is -0.141. The summed E-state index contributed by atoms with van der Waals surface area (Å²) in [5.74, 6) is -0.991. The lowest BCUT2D eigenvalue weighted by Gasteiger charge is -2.12. The number of hydrogen-bond acceptors (Lipinski definition) is 4. The Bertz CT molecular complexity index is 402. The summed E-state index contributed by atoms with van der Waals surface area (Å²) in [7, 11) is 1.50. The number of amides is 1. The first kappa shape index (κ1) is 13.0. The van der Waals surface area contributed by atoms with Crippen molar-refractivity contribution in [3.05, 3.63) is 23.9 Å². The molecule has 92 valence electrons. The van der Waals surface area contributed by atoms with Crippen LogP contribution in [0, 0.1) is 0 Å². The molecule has 1 rings (SSSR count). The van der Waals surface area contributed by atoms with Gasteiger partial charge in [-0.1, -0.05) is 6.07 Å². The molecule has 0 aromatic carbocycles. The second-order valence-electron chi connectivity index (χ2n) is 3.50. The van der Waals surface area contributed by atoms with Crippen LogP contribution in [0.2, 0.25) is 0 Å². The molecule has 0 aliphatic rings. The van der Waals surface area contributed by atoms with Gasteiger partial charge in [0.25, 0.3) is 0 Å². The molecule has 6 nitrogen and oxygen atoms in total. The van der Waals surface area contributed by atoms with Crippen LogP contribution < -0.4 is 10.1 Å². The third-order valence-electron chi connectivity index (χ3n) is 2.12. The van der Waals surface area contributed by atoms with E-state index in [-0.39, 0.29) is 12.3 Å². The fourth-order valence-electron chi connectivity index (χ4n) is 1.33. The van der Waals surface area contributed by atoms with Gasteiger partial charge in [0.05, 0.1) is 7.11 Å². The number of methoxy groups -OCH3 is 1. The van der Waals surface area contributed by atoms with Crippen molar-refractivity contribution in [3.8, 4) is 5.88 Å². The van der Waals surface area contributed by atoms with Crippen LogP contribution in [0.3, 0.4) is 0 Å². The molecule has 0 unspecified atom stereocenters. The van der Waals surface area contributed by atoms with Crippen LogP contribution in [0.5, 0.6) is 5.88 Å². The average Bonchev–Trinajstić information content (AvgIpc) is 2.28. The average molecular weight is 238 g/mol. The largest absolute Gasteiger partial charge is 0.481 e. The topological polar surface area (TPSA) is 88.5 Å². The van der Waals surface area contributed by atoms with Gasteiger partial charge in [0.1, 0.15) is 6.04 Å². The summed E-state index contributed by atoms with van der Waals surface area (Å²) in [5.41, 5.74) is 0.715. The van der Waals surface area contributed by atoms with E-state index in [0.29, 0.717) is 11.4 Å². The molecule has 0 saturated heterocycles. The number of nitrogens with one attached hydrogen (secondary N) is 1. The lowest BCUT2D eigenvalue weighted by Crippen LogP contribution is -2.41. The van der Waals surface area contributed by atoms with Crippen LogP contribution in [-0.4, -0.2) is 35.1 Å². The van der Waals surface area contributed by atoms with Crippen molar-refractivity contribution in [2.24, 2.45) is 0 Å². The molecule has 0 spiro atoms. The Morgan fingerprint density at radius 1 is 1.53 bits per heavy atom. The number of rotatable bonds is 5. The minimum Gasteiger partial charge on any atom is -0.481 e. The Kier molecular flexibility index (Phi) is 4.45. The highest BCUT2D eigenvalue weighted by atomic mass is 16.5. The van der Waals surface area contributed by atoms with E-state index in [0.717, 1.165) is 0 Å².